The zero-order chi connectivity index (χ0) is 12.0. The Labute approximate surface area is 98.3 Å². The SMILES string of the molecule is CCCN(CCC)Cc1cc(C)ccc1F. The van der Waals surface area contributed by atoms with Crippen LogP contribution in [0.4, 0.5) is 4.39 Å². The van der Waals surface area contributed by atoms with Gasteiger partial charge < -0.3 is 0 Å². The van der Waals surface area contributed by atoms with Gasteiger partial charge in [0.25, 0.3) is 0 Å². The van der Waals surface area contributed by atoms with Gasteiger partial charge in [-0.25, -0.2) is 4.39 Å². The Bertz CT molecular complexity index is 317. The molecule has 0 aromatic heterocycles. The molecule has 0 unspecified atom stereocenters. The van der Waals surface area contributed by atoms with Crippen molar-refractivity contribution < 1.29 is 4.39 Å². The van der Waals surface area contributed by atoms with Gasteiger partial charge in [0.15, 0.2) is 0 Å². The largest absolute Gasteiger partial charge is 0.299 e. The van der Waals surface area contributed by atoms with E-state index >= 15 is 0 Å². The molecule has 0 aliphatic carbocycles. The first-order chi connectivity index (χ1) is 7.67. The third kappa shape index (κ3) is 3.93. The molecule has 1 nitrogen and oxygen atoms in total. The van der Waals surface area contributed by atoms with Crippen molar-refractivity contribution in [3.05, 3.63) is 35.1 Å². The van der Waals surface area contributed by atoms with E-state index in [9.17, 15) is 4.39 Å². The molecule has 0 aliphatic rings. The maximum Gasteiger partial charge on any atom is 0.127 e. The van der Waals surface area contributed by atoms with Crippen LogP contribution in [0.3, 0.4) is 0 Å². The van der Waals surface area contributed by atoms with Gasteiger partial charge in [-0.1, -0.05) is 31.5 Å². The Kier molecular flexibility index (Phi) is 5.47. The second kappa shape index (κ2) is 6.64. The average molecular weight is 223 g/mol. The van der Waals surface area contributed by atoms with Gasteiger partial charge >= 0.3 is 0 Å². The highest BCUT2D eigenvalue weighted by atomic mass is 19.1. The molecular weight excluding hydrogens is 201 g/mol. The molecule has 0 radical (unpaired) electrons. The van der Waals surface area contributed by atoms with Crippen LogP contribution in [0.2, 0.25) is 0 Å². The van der Waals surface area contributed by atoms with Crippen molar-refractivity contribution in [2.45, 2.75) is 40.2 Å². The quantitative estimate of drug-likeness (QED) is 0.710. The first kappa shape index (κ1) is 13.2. The van der Waals surface area contributed by atoms with Crippen molar-refractivity contribution in [2.24, 2.45) is 0 Å². The van der Waals surface area contributed by atoms with Crippen molar-refractivity contribution in [2.75, 3.05) is 13.1 Å². The predicted molar refractivity (Wildman–Crippen MR) is 67.0 cm³/mol. The van der Waals surface area contributed by atoms with Gasteiger partial charge in [-0.3, -0.25) is 4.90 Å². The Hall–Kier alpha value is -0.890. The molecule has 16 heavy (non-hydrogen) atoms. The number of hydrogen-bond acceptors (Lipinski definition) is 1. The molecule has 0 saturated carbocycles. The number of benzene rings is 1. The van der Waals surface area contributed by atoms with E-state index in [0.29, 0.717) is 0 Å². The minimum absolute atomic E-state index is 0.0807. The van der Waals surface area contributed by atoms with Crippen LogP contribution < -0.4 is 0 Å². The zero-order valence-corrected chi connectivity index (χ0v) is 10.6. The smallest absolute Gasteiger partial charge is 0.127 e. The van der Waals surface area contributed by atoms with E-state index in [1.165, 1.54) is 0 Å². The topological polar surface area (TPSA) is 3.24 Å². The van der Waals surface area contributed by atoms with Crippen molar-refractivity contribution in [3.63, 3.8) is 0 Å². The average Bonchev–Trinajstić information content (AvgIpc) is 2.24. The van der Waals surface area contributed by atoms with Crippen molar-refractivity contribution >= 4 is 0 Å². The van der Waals surface area contributed by atoms with E-state index in [0.717, 1.165) is 43.6 Å². The van der Waals surface area contributed by atoms with Crippen LogP contribution >= 0.6 is 0 Å². The molecule has 1 aromatic rings. The van der Waals surface area contributed by atoms with Crippen LogP contribution in [0.5, 0.6) is 0 Å². The minimum Gasteiger partial charge on any atom is -0.299 e. The lowest BCUT2D eigenvalue weighted by molar-refractivity contribution is 0.263. The van der Waals surface area contributed by atoms with E-state index in [4.69, 9.17) is 0 Å². The number of hydrogen-bond donors (Lipinski definition) is 0. The third-order valence-electron chi connectivity index (χ3n) is 2.67. The highest BCUT2D eigenvalue weighted by Crippen LogP contribution is 2.13. The first-order valence-electron chi connectivity index (χ1n) is 6.14. The van der Waals surface area contributed by atoms with E-state index in [2.05, 4.69) is 18.7 Å². The van der Waals surface area contributed by atoms with Crippen molar-refractivity contribution in [1.82, 2.24) is 4.90 Å². The van der Waals surface area contributed by atoms with Crippen LogP contribution in [0, 0.1) is 12.7 Å². The molecule has 90 valence electrons. The van der Waals surface area contributed by atoms with Crippen LogP contribution in [0.15, 0.2) is 18.2 Å². The zero-order valence-electron chi connectivity index (χ0n) is 10.6. The molecule has 0 heterocycles. The van der Waals surface area contributed by atoms with Crippen LogP contribution in [0.1, 0.15) is 37.8 Å². The summed E-state index contributed by atoms with van der Waals surface area (Å²) in [5.74, 6) is -0.0807. The standard InChI is InChI=1S/C14H22FN/c1-4-8-16(9-5-2)11-13-10-12(3)6-7-14(13)15/h6-7,10H,4-5,8-9,11H2,1-3H3. The number of halogens is 1. The fourth-order valence-corrected chi connectivity index (χ4v) is 1.97. The molecule has 0 atom stereocenters. The van der Waals surface area contributed by atoms with Crippen molar-refractivity contribution in [1.29, 1.82) is 0 Å². The molecule has 0 amide bonds. The van der Waals surface area contributed by atoms with Gasteiger partial charge in [-0.15, -0.1) is 0 Å². The lowest BCUT2D eigenvalue weighted by atomic mass is 10.1. The van der Waals surface area contributed by atoms with E-state index in [-0.39, 0.29) is 5.82 Å². The second-order valence-electron chi connectivity index (χ2n) is 4.37. The van der Waals surface area contributed by atoms with Gasteiger partial charge in [-0.2, -0.15) is 0 Å². The Morgan fingerprint density at radius 3 is 2.31 bits per heavy atom. The third-order valence-corrected chi connectivity index (χ3v) is 2.67. The van der Waals surface area contributed by atoms with E-state index in [1.807, 2.05) is 19.1 Å². The molecule has 0 N–H and O–H groups in total. The van der Waals surface area contributed by atoms with Crippen molar-refractivity contribution in [3.8, 4) is 0 Å². The predicted octanol–water partition coefficient (Wildman–Crippen LogP) is 3.76. The maximum absolute atomic E-state index is 13.6. The molecule has 2 heteroatoms. The van der Waals surface area contributed by atoms with Gasteiger partial charge in [0.1, 0.15) is 5.82 Å². The monoisotopic (exact) mass is 223 g/mol. The molecule has 1 rings (SSSR count). The molecule has 0 bridgehead atoms. The summed E-state index contributed by atoms with van der Waals surface area (Å²) in [7, 11) is 0. The maximum atomic E-state index is 13.6. The molecule has 1 aromatic carbocycles. The van der Waals surface area contributed by atoms with Crippen LogP contribution in [-0.2, 0) is 6.54 Å². The van der Waals surface area contributed by atoms with Gasteiger partial charge in [0.05, 0.1) is 0 Å². The van der Waals surface area contributed by atoms with Gasteiger partial charge in [-0.05, 0) is 38.9 Å². The summed E-state index contributed by atoms with van der Waals surface area (Å²) >= 11 is 0. The number of nitrogens with zero attached hydrogens (tertiary/aromatic N) is 1. The van der Waals surface area contributed by atoms with Gasteiger partial charge in [0.2, 0.25) is 0 Å². The van der Waals surface area contributed by atoms with Gasteiger partial charge in [0, 0.05) is 12.1 Å². The van der Waals surface area contributed by atoms with Crippen LogP contribution in [0.25, 0.3) is 0 Å². The highest BCUT2D eigenvalue weighted by Gasteiger charge is 2.08. The second-order valence-corrected chi connectivity index (χ2v) is 4.37. The molecule has 0 saturated heterocycles. The fourth-order valence-electron chi connectivity index (χ4n) is 1.97. The Morgan fingerprint density at radius 1 is 1.12 bits per heavy atom. The summed E-state index contributed by atoms with van der Waals surface area (Å²) in [6, 6.07) is 5.34. The summed E-state index contributed by atoms with van der Waals surface area (Å²) < 4.78 is 13.6. The Morgan fingerprint density at radius 2 is 1.75 bits per heavy atom. The first-order valence-corrected chi connectivity index (χ1v) is 6.14. The lowest BCUT2D eigenvalue weighted by Gasteiger charge is -2.21. The summed E-state index contributed by atoms with van der Waals surface area (Å²) in [5, 5.41) is 0. The Balaban J connectivity index is 2.71. The summed E-state index contributed by atoms with van der Waals surface area (Å²) in [6.07, 6.45) is 2.24. The van der Waals surface area contributed by atoms with E-state index < -0.39 is 0 Å². The summed E-state index contributed by atoms with van der Waals surface area (Å²) in [5.41, 5.74) is 1.95. The normalized spacial score (nSPS) is 11.1. The van der Waals surface area contributed by atoms with Crippen LogP contribution in [-0.4, -0.2) is 18.0 Å². The van der Waals surface area contributed by atoms with E-state index in [1.54, 1.807) is 6.07 Å². The number of rotatable bonds is 6. The highest BCUT2D eigenvalue weighted by molar-refractivity contribution is 5.23. The molecule has 0 aliphatic heterocycles. The summed E-state index contributed by atoms with van der Waals surface area (Å²) in [4.78, 5) is 2.32. The molecule has 0 fully saturated rings. The summed E-state index contributed by atoms with van der Waals surface area (Å²) in [6.45, 7) is 9.15. The fraction of sp³-hybridized carbons (Fsp3) is 0.571. The minimum atomic E-state index is -0.0807. The molecule has 0 spiro atoms. The molecular formula is C14H22FN. The lowest BCUT2D eigenvalue weighted by Crippen LogP contribution is -2.25. The number of aryl methyl sites for hydroxylation is 1.